The summed E-state index contributed by atoms with van der Waals surface area (Å²) >= 11 is 1.64. The highest BCUT2D eigenvalue weighted by Crippen LogP contribution is 2.16. The van der Waals surface area contributed by atoms with Gasteiger partial charge < -0.3 is 10.1 Å². The number of aryl methyl sites for hydroxylation is 1. The van der Waals surface area contributed by atoms with E-state index in [4.69, 9.17) is 0 Å². The summed E-state index contributed by atoms with van der Waals surface area (Å²) in [5, 5.41) is 5.36. The summed E-state index contributed by atoms with van der Waals surface area (Å²) in [6.07, 6.45) is 3.28. The summed E-state index contributed by atoms with van der Waals surface area (Å²) in [6, 6.07) is 0. The van der Waals surface area contributed by atoms with E-state index in [0.29, 0.717) is 6.42 Å². The molecule has 0 radical (unpaired) electrons. The molecule has 0 fully saturated rings. The predicted molar refractivity (Wildman–Crippen MR) is 70.8 cm³/mol. The van der Waals surface area contributed by atoms with Crippen molar-refractivity contribution in [3.8, 4) is 0 Å². The number of aromatic nitrogens is 2. The van der Waals surface area contributed by atoms with Gasteiger partial charge in [-0.25, -0.2) is 4.98 Å². The summed E-state index contributed by atoms with van der Waals surface area (Å²) < 4.78 is 6.69. The monoisotopic (exact) mass is 267 g/mol. The molecule has 0 aliphatic rings. The van der Waals surface area contributed by atoms with Gasteiger partial charge in [-0.2, -0.15) is 0 Å². The minimum atomic E-state index is -0.155. The largest absolute Gasteiger partial charge is 0.469 e. The number of carbonyl (C=O) groups excluding carboxylic acids is 1. The first-order chi connectivity index (χ1) is 8.72. The number of nitrogens with one attached hydrogen (secondary N) is 1. The van der Waals surface area contributed by atoms with Crippen molar-refractivity contribution in [2.75, 3.05) is 13.7 Å². The van der Waals surface area contributed by atoms with Gasteiger partial charge in [-0.05, 0) is 19.9 Å². The number of nitrogens with zero attached hydrogens (tertiary/aromatic N) is 2. The van der Waals surface area contributed by atoms with Gasteiger partial charge in [0.2, 0.25) is 0 Å². The summed E-state index contributed by atoms with van der Waals surface area (Å²) in [7, 11) is 1.42. The van der Waals surface area contributed by atoms with Crippen LogP contribution in [0.1, 0.15) is 24.2 Å². The molecular weight excluding hydrogens is 250 g/mol. The van der Waals surface area contributed by atoms with E-state index < -0.39 is 0 Å². The SMILES string of the molecule is COC(=O)CCCNCc1c(C)nc2sccn12. The molecule has 0 unspecified atom stereocenters. The van der Waals surface area contributed by atoms with Crippen LogP contribution in [0.3, 0.4) is 0 Å². The normalized spacial score (nSPS) is 11.0. The first-order valence-corrected chi connectivity index (χ1v) is 6.79. The second-order valence-corrected chi connectivity index (χ2v) is 4.93. The molecule has 2 heterocycles. The molecular formula is C12H17N3O2S. The Morgan fingerprint density at radius 3 is 3.22 bits per heavy atom. The highest BCUT2D eigenvalue weighted by atomic mass is 32.1. The maximum absolute atomic E-state index is 10.9. The highest BCUT2D eigenvalue weighted by Gasteiger charge is 2.08. The molecule has 6 heteroatoms. The molecule has 0 atom stereocenters. The van der Waals surface area contributed by atoms with E-state index >= 15 is 0 Å². The van der Waals surface area contributed by atoms with Crippen molar-refractivity contribution in [2.45, 2.75) is 26.3 Å². The third-order valence-electron chi connectivity index (χ3n) is 2.82. The van der Waals surface area contributed by atoms with E-state index in [-0.39, 0.29) is 5.97 Å². The fourth-order valence-corrected chi connectivity index (χ4v) is 2.60. The van der Waals surface area contributed by atoms with Crippen molar-refractivity contribution in [1.29, 1.82) is 0 Å². The van der Waals surface area contributed by atoms with Crippen LogP contribution in [0.25, 0.3) is 4.96 Å². The number of thiazole rings is 1. The summed E-state index contributed by atoms with van der Waals surface area (Å²) in [5.74, 6) is -0.155. The quantitative estimate of drug-likeness (QED) is 0.640. The molecule has 5 nitrogen and oxygen atoms in total. The Hall–Kier alpha value is -1.40. The average Bonchev–Trinajstić information content (AvgIpc) is 2.90. The number of fused-ring (bicyclic) bond motifs is 1. The lowest BCUT2D eigenvalue weighted by molar-refractivity contribution is -0.140. The van der Waals surface area contributed by atoms with Gasteiger partial charge in [-0.15, -0.1) is 11.3 Å². The van der Waals surface area contributed by atoms with Gasteiger partial charge in [0.05, 0.1) is 18.5 Å². The lowest BCUT2D eigenvalue weighted by Crippen LogP contribution is -2.17. The Bertz CT molecular complexity index is 532. The summed E-state index contributed by atoms with van der Waals surface area (Å²) in [5.41, 5.74) is 2.24. The van der Waals surface area contributed by atoms with Crippen LogP contribution in [0.4, 0.5) is 0 Å². The van der Waals surface area contributed by atoms with E-state index in [1.807, 2.05) is 18.5 Å². The molecule has 2 aromatic rings. The van der Waals surface area contributed by atoms with Crippen LogP contribution in [0.5, 0.6) is 0 Å². The number of hydrogen-bond donors (Lipinski definition) is 1. The molecule has 0 aromatic carbocycles. The van der Waals surface area contributed by atoms with Crippen molar-refractivity contribution in [1.82, 2.24) is 14.7 Å². The van der Waals surface area contributed by atoms with Crippen LogP contribution >= 0.6 is 11.3 Å². The smallest absolute Gasteiger partial charge is 0.305 e. The van der Waals surface area contributed by atoms with Gasteiger partial charge in [-0.1, -0.05) is 0 Å². The fraction of sp³-hybridized carbons (Fsp3) is 0.500. The zero-order valence-electron chi connectivity index (χ0n) is 10.6. The number of carbonyl (C=O) groups is 1. The number of ether oxygens (including phenoxy) is 1. The van der Waals surface area contributed by atoms with Crippen molar-refractivity contribution in [3.63, 3.8) is 0 Å². The lowest BCUT2D eigenvalue weighted by atomic mass is 10.3. The van der Waals surface area contributed by atoms with E-state index in [2.05, 4.69) is 19.4 Å². The Labute approximate surface area is 110 Å². The molecule has 0 saturated carbocycles. The molecule has 0 bridgehead atoms. The molecule has 2 aromatic heterocycles. The molecule has 0 amide bonds. The van der Waals surface area contributed by atoms with Gasteiger partial charge in [0.1, 0.15) is 0 Å². The first-order valence-electron chi connectivity index (χ1n) is 5.91. The first kappa shape index (κ1) is 13.0. The maximum atomic E-state index is 10.9. The highest BCUT2D eigenvalue weighted by molar-refractivity contribution is 7.15. The van der Waals surface area contributed by atoms with Crippen LogP contribution < -0.4 is 5.32 Å². The number of hydrogen-bond acceptors (Lipinski definition) is 5. The van der Waals surface area contributed by atoms with Crippen molar-refractivity contribution >= 4 is 22.3 Å². The van der Waals surface area contributed by atoms with Crippen molar-refractivity contribution < 1.29 is 9.53 Å². The third kappa shape index (κ3) is 2.88. The van der Waals surface area contributed by atoms with E-state index in [1.54, 1.807) is 11.3 Å². The number of methoxy groups -OCH3 is 1. The Kier molecular flexibility index (Phi) is 4.33. The molecule has 1 N–H and O–H groups in total. The van der Waals surface area contributed by atoms with Crippen molar-refractivity contribution in [2.24, 2.45) is 0 Å². The van der Waals surface area contributed by atoms with Crippen LogP contribution in [-0.2, 0) is 16.1 Å². The van der Waals surface area contributed by atoms with Gasteiger partial charge >= 0.3 is 5.97 Å². The zero-order valence-corrected chi connectivity index (χ0v) is 11.4. The molecule has 0 aliphatic heterocycles. The van der Waals surface area contributed by atoms with Crippen LogP contribution in [0, 0.1) is 6.92 Å². The van der Waals surface area contributed by atoms with Gasteiger partial charge in [0, 0.05) is 24.5 Å². The zero-order chi connectivity index (χ0) is 13.0. The van der Waals surface area contributed by atoms with Gasteiger partial charge in [-0.3, -0.25) is 9.20 Å². The summed E-state index contributed by atoms with van der Waals surface area (Å²) in [6.45, 7) is 3.59. The third-order valence-corrected chi connectivity index (χ3v) is 3.57. The fourth-order valence-electron chi connectivity index (χ4n) is 1.82. The maximum Gasteiger partial charge on any atom is 0.305 e. The van der Waals surface area contributed by atoms with Crippen LogP contribution in [-0.4, -0.2) is 29.0 Å². The molecule has 0 saturated heterocycles. The molecule has 18 heavy (non-hydrogen) atoms. The van der Waals surface area contributed by atoms with Gasteiger partial charge in [0.25, 0.3) is 0 Å². The Morgan fingerprint density at radius 2 is 2.44 bits per heavy atom. The second-order valence-electron chi connectivity index (χ2n) is 4.06. The lowest BCUT2D eigenvalue weighted by Gasteiger charge is -2.04. The van der Waals surface area contributed by atoms with Crippen LogP contribution in [0.15, 0.2) is 11.6 Å². The molecule has 98 valence electrons. The Balaban J connectivity index is 1.81. The Morgan fingerprint density at radius 1 is 1.61 bits per heavy atom. The number of esters is 1. The minimum absolute atomic E-state index is 0.155. The molecule has 2 rings (SSSR count). The van der Waals surface area contributed by atoms with Crippen LogP contribution in [0.2, 0.25) is 0 Å². The van der Waals surface area contributed by atoms with Crippen molar-refractivity contribution in [3.05, 3.63) is 23.0 Å². The molecule has 0 spiro atoms. The van der Waals surface area contributed by atoms with Gasteiger partial charge in [0.15, 0.2) is 4.96 Å². The average molecular weight is 267 g/mol. The van der Waals surface area contributed by atoms with E-state index in [9.17, 15) is 4.79 Å². The number of rotatable bonds is 6. The summed E-state index contributed by atoms with van der Waals surface area (Å²) in [4.78, 5) is 16.4. The topological polar surface area (TPSA) is 55.6 Å². The minimum Gasteiger partial charge on any atom is -0.469 e. The van der Waals surface area contributed by atoms with E-state index in [0.717, 1.165) is 30.2 Å². The molecule has 0 aliphatic carbocycles. The second kappa shape index (κ2) is 5.97. The predicted octanol–water partition coefficient (Wildman–Crippen LogP) is 1.75. The number of imidazole rings is 1. The standard InChI is InChI=1S/C12H17N3O2S/c1-9-10(15-6-7-18-12(15)14-9)8-13-5-3-4-11(16)17-2/h6-7,13H,3-5,8H2,1-2H3. The van der Waals surface area contributed by atoms with E-state index in [1.165, 1.54) is 12.8 Å².